The molecule has 0 spiro atoms. The van der Waals surface area contributed by atoms with E-state index in [4.69, 9.17) is 23.2 Å². The lowest BCUT2D eigenvalue weighted by atomic mass is 10.4. The molecule has 0 aliphatic carbocycles. The molecule has 0 radical (unpaired) electrons. The third-order valence-electron chi connectivity index (χ3n) is 1.86. The van der Waals surface area contributed by atoms with Gasteiger partial charge in [-0.2, -0.15) is 0 Å². The van der Waals surface area contributed by atoms with Crippen LogP contribution < -0.4 is 5.32 Å². The largest absolute Gasteiger partial charge is 0.306 e. The van der Waals surface area contributed by atoms with Crippen LogP contribution in [0.5, 0.6) is 0 Å². The van der Waals surface area contributed by atoms with Gasteiger partial charge in [0.05, 0.1) is 11.2 Å². The second-order valence-electron chi connectivity index (χ2n) is 3.07. The number of amides is 1. The van der Waals surface area contributed by atoms with Crippen LogP contribution in [0.2, 0.25) is 10.4 Å². The molecule has 1 N–H and O–H groups in total. The third-order valence-corrected chi connectivity index (χ3v) is 3.15. The Morgan fingerprint density at radius 1 is 1.41 bits per heavy atom. The number of hydrogen-bond donors (Lipinski definition) is 1. The van der Waals surface area contributed by atoms with Gasteiger partial charge in [-0.3, -0.25) is 4.79 Å². The first-order valence-electron chi connectivity index (χ1n) is 4.48. The van der Waals surface area contributed by atoms with E-state index in [0.717, 1.165) is 0 Å². The lowest BCUT2D eigenvalue weighted by Crippen LogP contribution is -2.13. The van der Waals surface area contributed by atoms with Crippen LogP contribution in [0.1, 0.15) is 15.4 Å². The normalized spacial score (nSPS) is 10.3. The van der Waals surface area contributed by atoms with E-state index in [1.807, 2.05) is 0 Å². The molecule has 0 aromatic carbocycles. The van der Waals surface area contributed by atoms with Crippen molar-refractivity contribution in [2.24, 2.45) is 0 Å². The number of nitrogens with zero attached hydrogens (tertiary/aromatic N) is 3. The van der Waals surface area contributed by atoms with Crippen LogP contribution in [-0.4, -0.2) is 20.9 Å². The fourth-order valence-electron chi connectivity index (χ4n) is 1.15. The summed E-state index contributed by atoms with van der Waals surface area (Å²) in [5.74, 6) is -0.0383. The van der Waals surface area contributed by atoms with E-state index in [0.29, 0.717) is 10.6 Å². The highest BCUT2D eigenvalue weighted by Gasteiger charge is 2.13. The minimum absolute atomic E-state index is 0.0196. The fourth-order valence-corrected chi connectivity index (χ4v) is 2.25. The minimum atomic E-state index is -0.296. The van der Waals surface area contributed by atoms with Crippen molar-refractivity contribution < 1.29 is 4.79 Å². The van der Waals surface area contributed by atoms with Gasteiger partial charge in [-0.1, -0.05) is 11.6 Å². The number of thiazole rings is 1. The van der Waals surface area contributed by atoms with Gasteiger partial charge in [0.2, 0.25) is 5.28 Å². The zero-order valence-electron chi connectivity index (χ0n) is 8.57. The quantitative estimate of drug-likeness (QED) is 0.682. The van der Waals surface area contributed by atoms with Gasteiger partial charge in [-0.15, -0.1) is 11.3 Å². The van der Waals surface area contributed by atoms with Crippen LogP contribution in [0, 0.1) is 6.92 Å². The van der Waals surface area contributed by atoms with Gasteiger partial charge in [0, 0.05) is 6.07 Å². The van der Waals surface area contributed by atoms with Gasteiger partial charge in [-0.05, 0) is 18.5 Å². The molecule has 0 bridgehead atoms. The molecule has 2 heterocycles. The number of aromatic nitrogens is 3. The van der Waals surface area contributed by atoms with E-state index < -0.39 is 0 Å². The molecule has 0 fully saturated rings. The van der Waals surface area contributed by atoms with Crippen LogP contribution in [0.25, 0.3) is 0 Å². The summed E-state index contributed by atoms with van der Waals surface area (Å²) in [6, 6.07) is 1.42. The molecule has 1 amide bonds. The van der Waals surface area contributed by atoms with Crippen molar-refractivity contribution in [2.45, 2.75) is 6.92 Å². The topological polar surface area (TPSA) is 67.8 Å². The standard InChI is InChI=1S/C9H6Cl2N4OS/c1-4-7(17-3-12-4)8(16)14-6-2-5(10)13-9(11)15-6/h2-3H,1H3,(H,13,14,15,16). The summed E-state index contributed by atoms with van der Waals surface area (Å²) in [6.07, 6.45) is 0. The Bertz CT molecular complexity index is 552. The summed E-state index contributed by atoms with van der Waals surface area (Å²) < 4.78 is 0. The highest BCUT2D eigenvalue weighted by atomic mass is 35.5. The van der Waals surface area contributed by atoms with Crippen LogP contribution in [0.4, 0.5) is 5.82 Å². The molecule has 0 unspecified atom stereocenters. The van der Waals surface area contributed by atoms with Gasteiger partial charge < -0.3 is 5.32 Å². The lowest BCUT2D eigenvalue weighted by Gasteiger charge is -2.03. The molecule has 2 rings (SSSR count). The molecule has 0 saturated heterocycles. The van der Waals surface area contributed by atoms with Gasteiger partial charge in [0.15, 0.2) is 0 Å². The average Bonchev–Trinajstić information content (AvgIpc) is 2.62. The zero-order valence-corrected chi connectivity index (χ0v) is 10.9. The number of carbonyl (C=O) groups is 1. The summed E-state index contributed by atoms with van der Waals surface area (Å²) in [4.78, 5) is 23.9. The maximum absolute atomic E-state index is 11.8. The first-order valence-corrected chi connectivity index (χ1v) is 6.11. The predicted octanol–water partition coefficient (Wildman–Crippen LogP) is 2.80. The van der Waals surface area contributed by atoms with Crippen molar-refractivity contribution in [3.8, 4) is 0 Å². The number of carbonyl (C=O) groups excluding carboxylic acids is 1. The van der Waals surface area contributed by atoms with E-state index in [-0.39, 0.29) is 22.2 Å². The molecule has 0 atom stereocenters. The van der Waals surface area contributed by atoms with Crippen molar-refractivity contribution in [1.82, 2.24) is 15.0 Å². The highest BCUT2D eigenvalue weighted by molar-refractivity contribution is 7.12. The van der Waals surface area contributed by atoms with E-state index >= 15 is 0 Å². The van der Waals surface area contributed by atoms with Crippen LogP contribution >= 0.6 is 34.5 Å². The van der Waals surface area contributed by atoms with Gasteiger partial charge in [0.1, 0.15) is 15.8 Å². The van der Waals surface area contributed by atoms with Crippen molar-refractivity contribution >= 4 is 46.3 Å². The summed E-state index contributed by atoms with van der Waals surface area (Å²) >= 11 is 12.6. The van der Waals surface area contributed by atoms with Gasteiger partial charge in [-0.25, -0.2) is 15.0 Å². The Morgan fingerprint density at radius 3 is 2.76 bits per heavy atom. The molecule has 0 aliphatic heterocycles. The van der Waals surface area contributed by atoms with E-state index in [9.17, 15) is 4.79 Å². The van der Waals surface area contributed by atoms with E-state index in [1.54, 1.807) is 12.4 Å². The Labute approximate surface area is 111 Å². The Balaban J connectivity index is 2.21. The van der Waals surface area contributed by atoms with E-state index in [1.165, 1.54) is 17.4 Å². The maximum atomic E-state index is 11.8. The molecule has 88 valence electrons. The van der Waals surface area contributed by atoms with Crippen LogP contribution in [0.3, 0.4) is 0 Å². The Kier molecular flexibility index (Phi) is 3.56. The van der Waals surface area contributed by atoms with Crippen molar-refractivity contribution in [1.29, 1.82) is 0 Å². The molecule has 0 aliphatic rings. The fraction of sp³-hybridized carbons (Fsp3) is 0.111. The van der Waals surface area contributed by atoms with Gasteiger partial charge >= 0.3 is 0 Å². The number of aryl methyl sites for hydroxylation is 1. The molecule has 0 saturated carbocycles. The van der Waals surface area contributed by atoms with Crippen molar-refractivity contribution in [3.05, 3.63) is 32.6 Å². The Morgan fingerprint density at radius 2 is 2.18 bits per heavy atom. The molecule has 5 nitrogen and oxygen atoms in total. The number of anilines is 1. The third kappa shape index (κ3) is 2.91. The lowest BCUT2D eigenvalue weighted by molar-refractivity contribution is 0.102. The van der Waals surface area contributed by atoms with Crippen LogP contribution in [-0.2, 0) is 0 Å². The minimum Gasteiger partial charge on any atom is -0.306 e. The number of nitrogens with one attached hydrogen (secondary N) is 1. The van der Waals surface area contributed by atoms with Crippen LogP contribution in [0.15, 0.2) is 11.6 Å². The van der Waals surface area contributed by atoms with E-state index in [2.05, 4.69) is 20.3 Å². The average molecular weight is 289 g/mol. The number of rotatable bonds is 2. The maximum Gasteiger partial charge on any atom is 0.268 e. The summed E-state index contributed by atoms with van der Waals surface area (Å²) in [5.41, 5.74) is 2.27. The highest BCUT2D eigenvalue weighted by Crippen LogP contribution is 2.17. The second kappa shape index (κ2) is 4.95. The second-order valence-corrected chi connectivity index (χ2v) is 4.65. The first-order chi connectivity index (χ1) is 8.06. The summed E-state index contributed by atoms with van der Waals surface area (Å²) in [6.45, 7) is 1.76. The predicted molar refractivity (Wildman–Crippen MR) is 66.9 cm³/mol. The number of halogens is 2. The molecule has 2 aromatic rings. The zero-order chi connectivity index (χ0) is 12.4. The molecule has 8 heteroatoms. The first kappa shape index (κ1) is 12.2. The van der Waals surface area contributed by atoms with Gasteiger partial charge in [0.25, 0.3) is 5.91 Å². The smallest absolute Gasteiger partial charge is 0.268 e. The van der Waals surface area contributed by atoms with Crippen molar-refractivity contribution in [3.63, 3.8) is 0 Å². The SMILES string of the molecule is Cc1ncsc1C(=O)Nc1cc(Cl)nc(Cl)n1. The summed E-state index contributed by atoms with van der Waals surface area (Å²) in [5, 5.41) is 2.73. The molecule has 17 heavy (non-hydrogen) atoms. The van der Waals surface area contributed by atoms with Crippen molar-refractivity contribution in [2.75, 3.05) is 5.32 Å². The molecular formula is C9H6Cl2N4OS. The Hall–Kier alpha value is -1.24. The molecular weight excluding hydrogens is 283 g/mol. The number of hydrogen-bond acceptors (Lipinski definition) is 5. The molecule has 2 aromatic heterocycles. The summed E-state index contributed by atoms with van der Waals surface area (Å²) in [7, 11) is 0. The monoisotopic (exact) mass is 288 g/mol.